The molecule has 5 nitrogen and oxygen atoms in total. The average molecular weight is 307 g/mol. The van der Waals surface area contributed by atoms with E-state index in [0.29, 0.717) is 17.5 Å². The number of aliphatic hydroxyl groups is 1. The van der Waals surface area contributed by atoms with Crippen LogP contribution < -0.4 is 5.32 Å². The van der Waals surface area contributed by atoms with E-state index in [0.717, 1.165) is 30.8 Å². The molecule has 6 heteroatoms. The number of halogens is 1. The molecular weight excluding hydrogens is 288 g/mol. The van der Waals surface area contributed by atoms with Crippen molar-refractivity contribution in [2.45, 2.75) is 31.4 Å². The van der Waals surface area contributed by atoms with Crippen LogP contribution in [0.2, 0.25) is 5.02 Å². The zero-order valence-corrected chi connectivity index (χ0v) is 12.5. The molecule has 0 radical (unpaired) electrons. The van der Waals surface area contributed by atoms with Crippen LogP contribution >= 0.6 is 11.6 Å². The quantitative estimate of drug-likeness (QED) is 0.908. The summed E-state index contributed by atoms with van der Waals surface area (Å²) in [5.41, 5.74) is 1.71. The molecule has 3 rings (SSSR count). The zero-order chi connectivity index (χ0) is 14.7. The fourth-order valence-electron chi connectivity index (χ4n) is 2.71. The van der Waals surface area contributed by atoms with Crippen molar-refractivity contribution in [1.29, 1.82) is 0 Å². The van der Waals surface area contributed by atoms with E-state index < -0.39 is 6.10 Å². The molecule has 1 saturated heterocycles. The number of benzene rings is 1. The van der Waals surface area contributed by atoms with Crippen molar-refractivity contribution in [1.82, 2.24) is 20.3 Å². The van der Waals surface area contributed by atoms with Gasteiger partial charge in [0.15, 0.2) is 0 Å². The van der Waals surface area contributed by atoms with Gasteiger partial charge in [-0.2, -0.15) is 0 Å². The largest absolute Gasteiger partial charge is 0.386 e. The number of hydrogen-bond acceptors (Lipinski definition) is 4. The zero-order valence-electron chi connectivity index (χ0n) is 11.7. The molecule has 0 aliphatic carbocycles. The molecule has 0 spiro atoms. The van der Waals surface area contributed by atoms with Crippen LogP contribution in [0.5, 0.6) is 0 Å². The second-order valence-electron chi connectivity index (χ2n) is 5.45. The van der Waals surface area contributed by atoms with Crippen molar-refractivity contribution >= 4 is 11.6 Å². The first-order valence-corrected chi connectivity index (χ1v) is 7.65. The normalized spacial score (nSPS) is 20.4. The molecule has 112 valence electrons. The summed E-state index contributed by atoms with van der Waals surface area (Å²) in [7, 11) is 0. The van der Waals surface area contributed by atoms with Gasteiger partial charge in [-0.3, -0.25) is 0 Å². The van der Waals surface area contributed by atoms with Crippen LogP contribution in [0.25, 0.3) is 0 Å². The fourth-order valence-corrected chi connectivity index (χ4v) is 2.98. The molecule has 2 atom stereocenters. The summed E-state index contributed by atoms with van der Waals surface area (Å²) >= 11 is 6.10. The summed E-state index contributed by atoms with van der Waals surface area (Å²) in [5, 5.41) is 22.6. The lowest BCUT2D eigenvalue weighted by Gasteiger charge is -2.20. The van der Waals surface area contributed by atoms with E-state index in [-0.39, 0.29) is 0 Å². The summed E-state index contributed by atoms with van der Waals surface area (Å²) in [6, 6.07) is 7.32. The van der Waals surface area contributed by atoms with Crippen molar-refractivity contribution in [3.05, 3.63) is 46.7 Å². The molecule has 21 heavy (non-hydrogen) atoms. The van der Waals surface area contributed by atoms with Gasteiger partial charge >= 0.3 is 0 Å². The van der Waals surface area contributed by atoms with E-state index >= 15 is 0 Å². The second kappa shape index (κ2) is 6.56. The van der Waals surface area contributed by atoms with Gasteiger partial charge in [-0.25, -0.2) is 4.68 Å². The Balaban J connectivity index is 1.68. The van der Waals surface area contributed by atoms with Crippen LogP contribution in [0.3, 0.4) is 0 Å². The molecule has 1 aliphatic heterocycles. The van der Waals surface area contributed by atoms with Crippen LogP contribution in [0, 0.1) is 0 Å². The molecule has 1 aliphatic rings. The van der Waals surface area contributed by atoms with Crippen LogP contribution in [0.15, 0.2) is 30.5 Å². The van der Waals surface area contributed by atoms with E-state index in [4.69, 9.17) is 11.6 Å². The first-order valence-electron chi connectivity index (χ1n) is 7.27. The second-order valence-corrected chi connectivity index (χ2v) is 5.85. The number of piperidine rings is 1. The third-order valence-corrected chi connectivity index (χ3v) is 4.24. The standard InChI is InChI=1S/C15H19ClN4O/c16-13-6-2-1-5-12(13)15(21)10-20-9-14(18-19-20)11-4-3-7-17-8-11/h1-2,5-6,9,11,15,17,21H,3-4,7-8,10H2/t11?,15-/m0/s1. The number of aliphatic hydroxyl groups excluding tert-OH is 1. The Morgan fingerprint density at radius 1 is 1.43 bits per heavy atom. The maximum atomic E-state index is 10.3. The number of aromatic nitrogens is 3. The Hall–Kier alpha value is -1.43. The predicted molar refractivity (Wildman–Crippen MR) is 81.3 cm³/mol. The van der Waals surface area contributed by atoms with Crippen molar-refractivity contribution < 1.29 is 5.11 Å². The monoisotopic (exact) mass is 306 g/mol. The smallest absolute Gasteiger partial charge is 0.100 e. The molecule has 1 unspecified atom stereocenters. The highest BCUT2D eigenvalue weighted by atomic mass is 35.5. The van der Waals surface area contributed by atoms with Crippen LogP contribution in [0.4, 0.5) is 0 Å². The molecule has 1 fully saturated rings. The molecular formula is C15H19ClN4O. The summed E-state index contributed by atoms with van der Waals surface area (Å²) in [6.45, 7) is 2.39. The van der Waals surface area contributed by atoms with Gasteiger partial charge < -0.3 is 10.4 Å². The van der Waals surface area contributed by atoms with Gasteiger partial charge in [-0.05, 0) is 25.5 Å². The van der Waals surface area contributed by atoms with Crippen molar-refractivity contribution in [3.8, 4) is 0 Å². The lowest BCUT2D eigenvalue weighted by Crippen LogP contribution is -2.28. The predicted octanol–water partition coefficient (Wildman–Crippen LogP) is 2.13. The highest BCUT2D eigenvalue weighted by molar-refractivity contribution is 6.31. The Labute approximate surface area is 128 Å². The molecule has 0 bridgehead atoms. The summed E-state index contributed by atoms with van der Waals surface area (Å²) in [5.74, 6) is 0.421. The molecule has 2 aromatic rings. The Bertz CT molecular complexity index is 595. The van der Waals surface area contributed by atoms with Gasteiger partial charge in [0.05, 0.1) is 12.2 Å². The third kappa shape index (κ3) is 3.43. The van der Waals surface area contributed by atoms with Gasteiger partial charge in [0, 0.05) is 29.2 Å². The number of rotatable bonds is 4. The average Bonchev–Trinajstić information content (AvgIpc) is 2.97. The van der Waals surface area contributed by atoms with Gasteiger partial charge in [-0.1, -0.05) is 35.0 Å². The van der Waals surface area contributed by atoms with E-state index in [1.54, 1.807) is 10.7 Å². The van der Waals surface area contributed by atoms with Gasteiger partial charge in [0.2, 0.25) is 0 Å². The lowest BCUT2D eigenvalue weighted by molar-refractivity contribution is 0.150. The number of nitrogens with one attached hydrogen (secondary N) is 1. The van der Waals surface area contributed by atoms with Crippen molar-refractivity contribution in [2.75, 3.05) is 13.1 Å². The number of nitrogens with zero attached hydrogens (tertiary/aromatic N) is 3. The van der Waals surface area contributed by atoms with Gasteiger partial charge in [0.1, 0.15) is 6.10 Å². The fraction of sp³-hybridized carbons (Fsp3) is 0.467. The minimum absolute atomic E-state index is 0.358. The molecule has 0 amide bonds. The van der Waals surface area contributed by atoms with Crippen LogP contribution in [-0.2, 0) is 6.54 Å². The molecule has 2 heterocycles. The van der Waals surface area contributed by atoms with E-state index in [9.17, 15) is 5.11 Å². The minimum atomic E-state index is -0.683. The highest BCUT2D eigenvalue weighted by Crippen LogP contribution is 2.24. The summed E-state index contributed by atoms with van der Waals surface area (Å²) < 4.78 is 1.69. The summed E-state index contributed by atoms with van der Waals surface area (Å²) in [4.78, 5) is 0. The van der Waals surface area contributed by atoms with E-state index in [1.807, 2.05) is 24.4 Å². The van der Waals surface area contributed by atoms with Crippen molar-refractivity contribution in [2.24, 2.45) is 0 Å². The van der Waals surface area contributed by atoms with E-state index in [2.05, 4.69) is 15.6 Å². The first kappa shape index (κ1) is 14.5. The molecule has 2 N–H and O–H groups in total. The molecule has 0 saturated carbocycles. The lowest BCUT2D eigenvalue weighted by atomic mass is 9.97. The highest BCUT2D eigenvalue weighted by Gasteiger charge is 2.19. The van der Waals surface area contributed by atoms with Crippen molar-refractivity contribution in [3.63, 3.8) is 0 Å². The number of hydrogen-bond donors (Lipinski definition) is 2. The Morgan fingerprint density at radius 3 is 3.05 bits per heavy atom. The minimum Gasteiger partial charge on any atom is -0.386 e. The third-order valence-electron chi connectivity index (χ3n) is 3.90. The Kier molecular flexibility index (Phi) is 4.53. The molecule has 1 aromatic heterocycles. The SMILES string of the molecule is O[C@@H](Cn1cc(C2CCCNC2)nn1)c1ccccc1Cl. The van der Waals surface area contributed by atoms with Gasteiger partial charge in [0.25, 0.3) is 0 Å². The topological polar surface area (TPSA) is 63.0 Å². The van der Waals surface area contributed by atoms with Crippen LogP contribution in [0.1, 0.15) is 36.1 Å². The maximum absolute atomic E-state index is 10.3. The molecule has 1 aromatic carbocycles. The van der Waals surface area contributed by atoms with E-state index in [1.165, 1.54) is 6.42 Å². The summed E-state index contributed by atoms with van der Waals surface area (Å²) in [6.07, 6.45) is 3.55. The first-order chi connectivity index (χ1) is 10.2. The maximum Gasteiger partial charge on any atom is 0.100 e. The van der Waals surface area contributed by atoms with Crippen LogP contribution in [-0.4, -0.2) is 33.2 Å². The van der Waals surface area contributed by atoms with Gasteiger partial charge in [-0.15, -0.1) is 5.10 Å². The Morgan fingerprint density at radius 2 is 2.29 bits per heavy atom.